The van der Waals surface area contributed by atoms with Crippen molar-refractivity contribution in [3.8, 4) is 11.5 Å². The smallest absolute Gasteiger partial charge is 0.266 e. The minimum absolute atomic E-state index is 0.00213. The Morgan fingerprint density at radius 3 is 2.39 bits per heavy atom. The van der Waals surface area contributed by atoms with Gasteiger partial charge in [-0.3, -0.25) is 9.69 Å². The number of aryl methyl sites for hydroxylation is 1. The highest BCUT2D eigenvalue weighted by Crippen LogP contribution is 2.38. The summed E-state index contributed by atoms with van der Waals surface area (Å²) in [7, 11) is 3.19. The van der Waals surface area contributed by atoms with E-state index in [1.165, 1.54) is 17.3 Å². The van der Waals surface area contributed by atoms with Crippen LogP contribution in [0.5, 0.6) is 11.5 Å². The Kier molecular flexibility index (Phi) is 6.09. The molecule has 1 saturated heterocycles. The number of rotatable bonds is 5. The fourth-order valence-corrected chi connectivity index (χ4v) is 4.03. The Morgan fingerprint density at radius 1 is 1.07 bits per heavy atom. The van der Waals surface area contributed by atoms with Gasteiger partial charge in [0.05, 0.1) is 24.8 Å². The second kappa shape index (κ2) is 8.52. The van der Waals surface area contributed by atoms with Gasteiger partial charge >= 0.3 is 0 Å². The maximum atomic E-state index is 13.0. The zero-order chi connectivity index (χ0) is 20.3. The molecule has 1 aliphatic heterocycles. The molecule has 28 heavy (non-hydrogen) atoms. The lowest BCUT2D eigenvalue weighted by molar-refractivity contribution is -0.123. The summed E-state index contributed by atoms with van der Waals surface area (Å²) >= 11 is 1.37. The van der Waals surface area contributed by atoms with E-state index in [-0.39, 0.29) is 11.9 Å². The van der Waals surface area contributed by atoms with E-state index >= 15 is 0 Å². The molecule has 1 heterocycles. The molecule has 0 N–H and O–H groups in total. The number of amidine groups is 1. The molecule has 6 heteroatoms. The summed E-state index contributed by atoms with van der Waals surface area (Å²) in [5.74, 6) is 1.17. The van der Waals surface area contributed by atoms with Crippen LogP contribution in [0.4, 0.5) is 5.69 Å². The van der Waals surface area contributed by atoms with Crippen LogP contribution in [-0.2, 0) is 4.79 Å². The predicted octanol–water partition coefficient (Wildman–Crippen LogP) is 5.02. The molecule has 2 aromatic rings. The topological polar surface area (TPSA) is 51.1 Å². The fourth-order valence-electron chi connectivity index (χ4n) is 2.92. The van der Waals surface area contributed by atoms with Crippen molar-refractivity contribution < 1.29 is 14.3 Å². The largest absolute Gasteiger partial charge is 0.493 e. The number of benzene rings is 2. The summed E-state index contributed by atoms with van der Waals surface area (Å²) in [6.45, 7) is 6.00. The number of carbonyl (C=O) groups is 1. The molecule has 0 aliphatic carbocycles. The van der Waals surface area contributed by atoms with E-state index in [2.05, 4.69) is 0 Å². The van der Waals surface area contributed by atoms with Crippen molar-refractivity contribution >= 4 is 34.6 Å². The first kappa shape index (κ1) is 20.0. The Morgan fingerprint density at radius 2 is 1.79 bits per heavy atom. The summed E-state index contributed by atoms with van der Waals surface area (Å²) in [4.78, 5) is 20.1. The van der Waals surface area contributed by atoms with Gasteiger partial charge in [-0.15, -0.1) is 0 Å². The van der Waals surface area contributed by atoms with Crippen molar-refractivity contribution in [1.82, 2.24) is 4.90 Å². The summed E-state index contributed by atoms with van der Waals surface area (Å²) < 4.78 is 10.8. The molecule has 0 bridgehead atoms. The second-order valence-corrected chi connectivity index (χ2v) is 7.70. The van der Waals surface area contributed by atoms with Gasteiger partial charge in [-0.1, -0.05) is 29.8 Å². The number of hydrogen-bond acceptors (Lipinski definition) is 5. The van der Waals surface area contributed by atoms with Crippen molar-refractivity contribution in [2.75, 3.05) is 14.2 Å². The van der Waals surface area contributed by atoms with E-state index in [0.717, 1.165) is 11.3 Å². The van der Waals surface area contributed by atoms with Gasteiger partial charge in [-0.05, 0) is 56.8 Å². The third-order valence-electron chi connectivity index (χ3n) is 4.33. The summed E-state index contributed by atoms with van der Waals surface area (Å²) in [6, 6.07) is 13.5. The molecule has 1 aliphatic rings. The van der Waals surface area contributed by atoms with E-state index in [1.807, 2.05) is 69.3 Å². The number of ether oxygens (including phenoxy) is 2. The van der Waals surface area contributed by atoms with Crippen molar-refractivity contribution in [2.24, 2.45) is 4.99 Å². The minimum Gasteiger partial charge on any atom is -0.493 e. The first-order chi connectivity index (χ1) is 13.4. The molecule has 0 unspecified atom stereocenters. The minimum atomic E-state index is -0.0595. The van der Waals surface area contributed by atoms with Crippen LogP contribution in [0.2, 0.25) is 0 Å². The molecule has 0 aromatic heterocycles. The Balaban J connectivity index is 2.01. The molecule has 146 valence electrons. The van der Waals surface area contributed by atoms with Crippen LogP contribution in [0, 0.1) is 6.92 Å². The summed E-state index contributed by atoms with van der Waals surface area (Å²) in [5.41, 5.74) is 2.79. The molecule has 0 saturated carbocycles. The number of amides is 1. The average molecular weight is 397 g/mol. The van der Waals surface area contributed by atoms with E-state index < -0.39 is 0 Å². The van der Waals surface area contributed by atoms with Gasteiger partial charge < -0.3 is 9.47 Å². The summed E-state index contributed by atoms with van der Waals surface area (Å²) in [6.07, 6.45) is 1.83. The van der Waals surface area contributed by atoms with Gasteiger partial charge in [0.1, 0.15) is 0 Å². The molecule has 1 fully saturated rings. The zero-order valence-electron chi connectivity index (χ0n) is 16.7. The highest BCUT2D eigenvalue weighted by atomic mass is 32.2. The normalized spacial score (nSPS) is 17.1. The molecular formula is C22H24N2O3S. The van der Waals surface area contributed by atoms with E-state index in [9.17, 15) is 4.79 Å². The molecule has 0 atom stereocenters. The second-order valence-electron chi connectivity index (χ2n) is 6.69. The Hall–Kier alpha value is -2.73. The molecule has 3 rings (SSSR count). The van der Waals surface area contributed by atoms with Crippen LogP contribution in [0.1, 0.15) is 25.0 Å². The average Bonchev–Trinajstić information content (AvgIpc) is 2.98. The highest BCUT2D eigenvalue weighted by molar-refractivity contribution is 8.18. The molecule has 0 spiro atoms. The molecular weight excluding hydrogens is 372 g/mol. The van der Waals surface area contributed by atoms with Crippen molar-refractivity contribution in [3.63, 3.8) is 0 Å². The Bertz CT molecular complexity index is 933. The van der Waals surface area contributed by atoms with Crippen LogP contribution >= 0.6 is 11.8 Å². The van der Waals surface area contributed by atoms with Crippen LogP contribution in [0.15, 0.2) is 52.4 Å². The Labute approximate surface area is 170 Å². The van der Waals surface area contributed by atoms with E-state index in [4.69, 9.17) is 14.5 Å². The number of aliphatic imine (C=N–C) groups is 1. The van der Waals surface area contributed by atoms with Gasteiger partial charge in [0.25, 0.3) is 5.91 Å². The van der Waals surface area contributed by atoms with Crippen molar-refractivity contribution in [1.29, 1.82) is 0 Å². The standard InChI is InChI=1S/C22H24N2O3S/c1-14(2)24-21(25)19(13-16-7-6-8-18(26-4)20(16)27-5)28-22(24)23-17-11-9-15(3)10-12-17/h6-14H,1-5H3/b19-13+,23-22?. The monoisotopic (exact) mass is 396 g/mol. The first-order valence-corrected chi connectivity index (χ1v) is 9.85. The van der Waals surface area contributed by atoms with Crippen molar-refractivity contribution in [2.45, 2.75) is 26.8 Å². The molecule has 5 nitrogen and oxygen atoms in total. The van der Waals surface area contributed by atoms with Gasteiger partial charge in [0.2, 0.25) is 0 Å². The number of para-hydroxylation sites is 1. The lowest BCUT2D eigenvalue weighted by Crippen LogP contribution is -2.35. The van der Waals surface area contributed by atoms with Crippen LogP contribution in [-0.4, -0.2) is 36.2 Å². The summed E-state index contributed by atoms with van der Waals surface area (Å²) in [5, 5.41) is 0.678. The van der Waals surface area contributed by atoms with Gasteiger partial charge in [-0.2, -0.15) is 0 Å². The third-order valence-corrected chi connectivity index (χ3v) is 5.31. The van der Waals surface area contributed by atoms with E-state index in [1.54, 1.807) is 19.1 Å². The maximum absolute atomic E-state index is 13.0. The predicted molar refractivity (Wildman–Crippen MR) is 115 cm³/mol. The lowest BCUT2D eigenvalue weighted by Gasteiger charge is -2.19. The van der Waals surface area contributed by atoms with Gasteiger partial charge in [-0.25, -0.2) is 4.99 Å². The number of carbonyl (C=O) groups excluding carboxylic acids is 1. The SMILES string of the molecule is COc1cccc(/C=C2/SC(=Nc3ccc(C)cc3)N(C(C)C)C2=O)c1OC. The quantitative estimate of drug-likeness (QED) is 0.666. The van der Waals surface area contributed by atoms with Crippen LogP contribution in [0.25, 0.3) is 6.08 Å². The third kappa shape index (κ3) is 4.07. The first-order valence-electron chi connectivity index (χ1n) is 9.04. The number of thioether (sulfide) groups is 1. The molecule has 2 aromatic carbocycles. The van der Waals surface area contributed by atoms with Gasteiger partial charge in [0, 0.05) is 11.6 Å². The zero-order valence-corrected chi connectivity index (χ0v) is 17.5. The number of hydrogen-bond donors (Lipinski definition) is 0. The lowest BCUT2D eigenvalue weighted by atomic mass is 10.1. The van der Waals surface area contributed by atoms with E-state index in [0.29, 0.717) is 21.6 Å². The molecule has 1 amide bonds. The maximum Gasteiger partial charge on any atom is 0.266 e. The number of nitrogens with zero attached hydrogens (tertiary/aromatic N) is 2. The van der Waals surface area contributed by atoms with Gasteiger partial charge in [0.15, 0.2) is 16.7 Å². The number of methoxy groups -OCH3 is 2. The van der Waals surface area contributed by atoms with Crippen molar-refractivity contribution in [3.05, 3.63) is 58.5 Å². The van der Waals surface area contributed by atoms with Crippen LogP contribution in [0.3, 0.4) is 0 Å². The molecule has 0 radical (unpaired) electrons. The van der Waals surface area contributed by atoms with Crippen LogP contribution < -0.4 is 9.47 Å². The fraction of sp³-hybridized carbons (Fsp3) is 0.273. The highest BCUT2D eigenvalue weighted by Gasteiger charge is 2.35.